The average molecular weight is 390 g/mol. The predicted molar refractivity (Wildman–Crippen MR) is 116 cm³/mol. The summed E-state index contributed by atoms with van der Waals surface area (Å²) in [5.41, 5.74) is 3.23. The second-order valence-electron chi connectivity index (χ2n) is 6.93. The highest BCUT2D eigenvalue weighted by atomic mass is 16.5. The normalized spacial score (nSPS) is 13.9. The van der Waals surface area contributed by atoms with Crippen LogP contribution in [0.1, 0.15) is 5.56 Å². The molecule has 6 heteroatoms. The zero-order valence-electron chi connectivity index (χ0n) is 16.7. The lowest BCUT2D eigenvalue weighted by Crippen LogP contribution is -2.37. The maximum atomic E-state index is 5.48. The van der Waals surface area contributed by atoms with E-state index in [4.69, 9.17) is 19.4 Å². The lowest BCUT2D eigenvalue weighted by molar-refractivity contribution is 0.122. The number of rotatable bonds is 7. The molecule has 4 rings (SSSR count). The predicted octanol–water partition coefficient (Wildman–Crippen LogP) is 3.64. The molecule has 29 heavy (non-hydrogen) atoms. The lowest BCUT2D eigenvalue weighted by atomic mass is 10.1. The van der Waals surface area contributed by atoms with Crippen LogP contribution < -0.4 is 15.0 Å². The summed E-state index contributed by atoms with van der Waals surface area (Å²) >= 11 is 0. The summed E-state index contributed by atoms with van der Waals surface area (Å²) in [6.45, 7) is 3.80. The van der Waals surface area contributed by atoms with Crippen molar-refractivity contribution in [2.45, 2.75) is 6.42 Å². The Balaban J connectivity index is 1.53. The number of hydrogen-bond acceptors (Lipinski definition) is 6. The second-order valence-corrected chi connectivity index (χ2v) is 6.93. The molecule has 1 aliphatic rings. The van der Waals surface area contributed by atoms with Crippen LogP contribution in [0.3, 0.4) is 0 Å². The number of aromatic nitrogens is 2. The summed E-state index contributed by atoms with van der Waals surface area (Å²) in [7, 11) is 1.69. The Hall–Kier alpha value is -3.12. The Labute approximate surface area is 171 Å². The molecule has 2 heterocycles. The Morgan fingerprint density at radius 2 is 1.83 bits per heavy atom. The summed E-state index contributed by atoms with van der Waals surface area (Å²) < 4.78 is 10.8. The molecule has 1 aliphatic heterocycles. The highest BCUT2D eigenvalue weighted by molar-refractivity contribution is 5.64. The molecule has 0 bridgehead atoms. The standard InChI is InChI=1S/C23H26N4O2/c1-28-20-9-5-6-18(16-20)10-11-24-22-17-21(19-7-3-2-4-8-19)25-23(26-22)27-12-14-29-15-13-27/h2-9,16-17H,10-15H2,1H3,(H,24,25,26). The second kappa shape index (κ2) is 9.39. The van der Waals surface area contributed by atoms with Gasteiger partial charge in [0, 0.05) is 31.3 Å². The fraction of sp³-hybridized carbons (Fsp3) is 0.304. The van der Waals surface area contributed by atoms with Gasteiger partial charge in [0.15, 0.2) is 0 Å². The average Bonchev–Trinajstić information content (AvgIpc) is 2.80. The van der Waals surface area contributed by atoms with Gasteiger partial charge < -0.3 is 19.7 Å². The third-order valence-corrected chi connectivity index (χ3v) is 4.93. The van der Waals surface area contributed by atoms with Crippen LogP contribution in [0.5, 0.6) is 5.75 Å². The van der Waals surface area contributed by atoms with E-state index in [1.54, 1.807) is 7.11 Å². The van der Waals surface area contributed by atoms with Gasteiger partial charge in [0.2, 0.25) is 5.95 Å². The fourth-order valence-corrected chi connectivity index (χ4v) is 3.35. The van der Waals surface area contributed by atoms with Crippen molar-refractivity contribution in [3.05, 3.63) is 66.2 Å². The summed E-state index contributed by atoms with van der Waals surface area (Å²) in [5, 5.41) is 3.47. The number of anilines is 2. The van der Waals surface area contributed by atoms with E-state index in [1.807, 2.05) is 36.4 Å². The number of ether oxygens (including phenoxy) is 2. The van der Waals surface area contributed by atoms with Crippen LogP contribution in [0.2, 0.25) is 0 Å². The number of nitrogens with zero attached hydrogens (tertiary/aromatic N) is 3. The SMILES string of the molecule is COc1cccc(CCNc2cc(-c3ccccc3)nc(N3CCOCC3)n2)c1. The summed E-state index contributed by atoms with van der Waals surface area (Å²) in [4.78, 5) is 11.8. The Bertz CT molecular complexity index is 927. The first-order chi connectivity index (χ1) is 14.3. The molecule has 1 N–H and O–H groups in total. The summed E-state index contributed by atoms with van der Waals surface area (Å²) in [6, 6.07) is 20.4. The Morgan fingerprint density at radius 3 is 2.62 bits per heavy atom. The number of benzene rings is 2. The van der Waals surface area contributed by atoms with Gasteiger partial charge in [-0.25, -0.2) is 4.98 Å². The van der Waals surface area contributed by atoms with Gasteiger partial charge in [-0.3, -0.25) is 0 Å². The van der Waals surface area contributed by atoms with Crippen molar-refractivity contribution in [1.82, 2.24) is 9.97 Å². The fourth-order valence-electron chi connectivity index (χ4n) is 3.35. The molecule has 0 amide bonds. The van der Waals surface area contributed by atoms with E-state index in [0.29, 0.717) is 13.2 Å². The van der Waals surface area contributed by atoms with Gasteiger partial charge in [-0.1, -0.05) is 42.5 Å². The first-order valence-electron chi connectivity index (χ1n) is 9.96. The van der Waals surface area contributed by atoms with Crippen LogP contribution >= 0.6 is 0 Å². The van der Waals surface area contributed by atoms with Crippen LogP contribution in [0.15, 0.2) is 60.7 Å². The van der Waals surface area contributed by atoms with Gasteiger partial charge in [0.1, 0.15) is 11.6 Å². The molecule has 1 saturated heterocycles. The summed E-state index contributed by atoms with van der Waals surface area (Å²) in [6.07, 6.45) is 0.884. The van der Waals surface area contributed by atoms with E-state index in [-0.39, 0.29) is 0 Å². The van der Waals surface area contributed by atoms with E-state index < -0.39 is 0 Å². The number of nitrogens with one attached hydrogen (secondary N) is 1. The molecule has 0 atom stereocenters. The lowest BCUT2D eigenvalue weighted by Gasteiger charge is -2.27. The van der Waals surface area contributed by atoms with Crippen molar-refractivity contribution < 1.29 is 9.47 Å². The molecule has 6 nitrogen and oxygen atoms in total. The molecular formula is C23H26N4O2. The van der Waals surface area contributed by atoms with Gasteiger partial charge in [-0.05, 0) is 24.1 Å². The van der Waals surface area contributed by atoms with Crippen LogP contribution in [-0.4, -0.2) is 49.9 Å². The zero-order valence-corrected chi connectivity index (χ0v) is 16.7. The quantitative estimate of drug-likeness (QED) is 0.665. The third kappa shape index (κ3) is 5.03. The first kappa shape index (κ1) is 19.2. The monoisotopic (exact) mass is 390 g/mol. The molecule has 0 radical (unpaired) electrons. The van der Waals surface area contributed by atoms with E-state index in [0.717, 1.165) is 54.8 Å². The van der Waals surface area contributed by atoms with Gasteiger partial charge in [-0.2, -0.15) is 4.98 Å². The Kier molecular flexibility index (Phi) is 6.22. The van der Waals surface area contributed by atoms with Crippen molar-refractivity contribution in [2.24, 2.45) is 0 Å². The van der Waals surface area contributed by atoms with E-state index >= 15 is 0 Å². The van der Waals surface area contributed by atoms with Crippen LogP contribution in [0.4, 0.5) is 11.8 Å². The molecule has 3 aromatic rings. The van der Waals surface area contributed by atoms with Crippen LogP contribution in [0.25, 0.3) is 11.3 Å². The van der Waals surface area contributed by atoms with E-state index in [1.165, 1.54) is 5.56 Å². The van der Waals surface area contributed by atoms with Gasteiger partial charge in [-0.15, -0.1) is 0 Å². The molecular weight excluding hydrogens is 364 g/mol. The minimum absolute atomic E-state index is 0.706. The number of hydrogen-bond donors (Lipinski definition) is 1. The van der Waals surface area contributed by atoms with Crippen LogP contribution in [0, 0.1) is 0 Å². The van der Waals surface area contributed by atoms with E-state index in [2.05, 4.69) is 34.5 Å². The molecule has 1 fully saturated rings. The van der Waals surface area contributed by atoms with Crippen molar-refractivity contribution in [3.8, 4) is 17.0 Å². The van der Waals surface area contributed by atoms with Gasteiger partial charge in [0.25, 0.3) is 0 Å². The first-order valence-corrected chi connectivity index (χ1v) is 9.96. The molecule has 150 valence electrons. The van der Waals surface area contributed by atoms with Crippen molar-refractivity contribution >= 4 is 11.8 Å². The minimum Gasteiger partial charge on any atom is -0.497 e. The molecule has 0 unspecified atom stereocenters. The van der Waals surface area contributed by atoms with Crippen molar-refractivity contribution in [2.75, 3.05) is 50.2 Å². The number of morpholine rings is 1. The van der Waals surface area contributed by atoms with E-state index in [9.17, 15) is 0 Å². The smallest absolute Gasteiger partial charge is 0.228 e. The zero-order chi connectivity index (χ0) is 19.9. The third-order valence-electron chi connectivity index (χ3n) is 4.93. The Morgan fingerprint density at radius 1 is 1.00 bits per heavy atom. The highest BCUT2D eigenvalue weighted by Gasteiger charge is 2.16. The maximum absolute atomic E-state index is 5.48. The number of methoxy groups -OCH3 is 1. The molecule has 0 spiro atoms. The highest BCUT2D eigenvalue weighted by Crippen LogP contribution is 2.23. The largest absolute Gasteiger partial charge is 0.497 e. The molecule has 1 aromatic heterocycles. The summed E-state index contributed by atoms with van der Waals surface area (Å²) in [5.74, 6) is 2.47. The van der Waals surface area contributed by atoms with Crippen LogP contribution in [-0.2, 0) is 11.2 Å². The van der Waals surface area contributed by atoms with Gasteiger partial charge >= 0.3 is 0 Å². The molecule has 0 aliphatic carbocycles. The minimum atomic E-state index is 0.706. The maximum Gasteiger partial charge on any atom is 0.228 e. The van der Waals surface area contributed by atoms with Crippen molar-refractivity contribution in [3.63, 3.8) is 0 Å². The molecule has 0 saturated carbocycles. The topological polar surface area (TPSA) is 59.5 Å². The van der Waals surface area contributed by atoms with Gasteiger partial charge in [0.05, 0.1) is 26.0 Å². The van der Waals surface area contributed by atoms with Crippen molar-refractivity contribution in [1.29, 1.82) is 0 Å². The molecule has 2 aromatic carbocycles.